The normalized spacial score (nSPS) is 12.6. The van der Waals surface area contributed by atoms with Crippen LogP contribution in [0.1, 0.15) is 31.4 Å². The third-order valence-corrected chi connectivity index (χ3v) is 3.50. The zero-order chi connectivity index (χ0) is 12.9. The Balaban J connectivity index is 2.87. The van der Waals surface area contributed by atoms with E-state index >= 15 is 0 Å². The fourth-order valence-electron chi connectivity index (χ4n) is 1.45. The van der Waals surface area contributed by atoms with Crippen molar-refractivity contribution in [2.45, 2.75) is 30.8 Å². The van der Waals surface area contributed by atoms with Gasteiger partial charge in [-0.2, -0.15) is 0 Å². The van der Waals surface area contributed by atoms with Crippen molar-refractivity contribution in [3.05, 3.63) is 29.8 Å². The van der Waals surface area contributed by atoms with Crippen molar-refractivity contribution in [2.24, 2.45) is 0 Å². The third-order valence-electron chi connectivity index (χ3n) is 2.39. The predicted molar refractivity (Wildman–Crippen MR) is 67.2 cm³/mol. The van der Waals surface area contributed by atoms with E-state index in [1.165, 1.54) is 12.1 Å². The molecule has 1 N–H and O–H groups in total. The van der Waals surface area contributed by atoms with Crippen LogP contribution in [0.4, 0.5) is 0 Å². The fraction of sp³-hybridized carbons (Fsp3) is 0.385. The molecule has 4 heteroatoms. The van der Waals surface area contributed by atoms with E-state index in [4.69, 9.17) is 0 Å². The van der Waals surface area contributed by atoms with Crippen LogP contribution in [0.3, 0.4) is 0 Å². The van der Waals surface area contributed by atoms with Gasteiger partial charge in [-0.05, 0) is 31.0 Å². The van der Waals surface area contributed by atoms with Gasteiger partial charge in [0.05, 0.1) is 11.0 Å². The van der Waals surface area contributed by atoms with Gasteiger partial charge in [0.15, 0.2) is 9.84 Å². The number of benzene rings is 1. The molecule has 3 nitrogen and oxygen atoms in total. The molecule has 0 saturated carbocycles. The molecule has 1 atom stereocenters. The highest BCUT2D eigenvalue weighted by atomic mass is 32.2. The lowest BCUT2D eigenvalue weighted by Crippen LogP contribution is -2.01. The summed E-state index contributed by atoms with van der Waals surface area (Å²) in [5, 5.41) is 9.87. The third kappa shape index (κ3) is 4.22. The van der Waals surface area contributed by atoms with Crippen molar-refractivity contribution in [3.8, 4) is 11.8 Å². The van der Waals surface area contributed by atoms with E-state index < -0.39 is 15.9 Å². The second-order valence-corrected chi connectivity index (χ2v) is 5.84. The van der Waals surface area contributed by atoms with Gasteiger partial charge < -0.3 is 5.11 Å². The molecule has 1 aromatic carbocycles. The highest BCUT2D eigenvalue weighted by Crippen LogP contribution is 2.21. The highest BCUT2D eigenvalue weighted by Gasteiger charge is 2.11. The summed E-state index contributed by atoms with van der Waals surface area (Å²) in [7, 11) is -3.22. The molecular weight excluding hydrogens is 236 g/mol. The summed E-state index contributed by atoms with van der Waals surface area (Å²) in [6.07, 6.45) is 1.59. The molecule has 1 aromatic rings. The van der Waals surface area contributed by atoms with Gasteiger partial charge in [0.1, 0.15) is 0 Å². The van der Waals surface area contributed by atoms with Crippen LogP contribution in [0, 0.1) is 11.8 Å². The Bertz CT molecular complexity index is 535. The molecule has 0 radical (unpaired) electrons. The first-order valence-electron chi connectivity index (χ1n) is 5.33. The van der Waals surface area contributed by atoms with Crippen molar-refractivity contribution >= 4 is 9.84 Å². The maximum atomic E-state index is 11.4. The van der Waals surface area contributed by atoms with Crippen molar-refractivity contribution in [2.75, 3.05) is 6.26 Å². The van der Waals surface area contributed by atoms with Crippen LogP contribution in [0.2, 0.25) is 0 Å². The Morgan fingerprint density at radius 1 is 1.41 bits per heavy atom. The van der Waals surface area contributed by atoms with Gasteiger partial charge >= 0.3 is 0 Å². The molecule has 0 heterocycles. The van der Waals surface area contributed by atoms with Gasteiger partial charge in [-0.15, -0.1) is 11.8 Å². The van der Waals surface area contributed by atoms with Crippen LogP contribution in [0.25, 0.3) is 0 Å². The summed E-state index contributed by atoms with van der Waals surface area (Å²) >= 11 is 0. The monoisotopic (exact) mass is 252 g/mol. The lowest BCUT2D eigenvalue weighted by Gasteiger charge is -2.10. The van der Waals surface area contributed by atoms with Crippen molar-refractivity contribution in [1.82, 2.24) is 0 Å². The van der Waals surface area contributed by atoms with E-state index in [1.807, 2.05) is 0 Å². The average molecular weight is 252 g/mol. The van der Waals surface area contributed by atoms with E-state index in [9.17, 15) is 13.5 Å². The van der Waals surface area contributed by atoms with E-state index in [0.717, 1.165) is 6.26 Å². The van der Waals surface area contributed by atoms with Crippen LogP contribution in [0.5, 0.6) is 0 Å². The summed E-state index contributed by atoms with van der Waals surface area (Å²) in [6, 6.07) is 6.40. The van der Waals surface area contributed by atoms with Crippen LogP contribution < -0.4 is 0 Å². The Labute approximate surface area is 102 Å². The molecule has 0 aliphatic rings. The van der Waals surface area contributed by atoms with Crippen LogP contribution in [0.15, 0.2) is 29.2 Å². The Kier molecular flexibility index (Phi) is 4.73. The minimum Gasteiger partial charge on any atom is -0.388 e. The largest absolute Gasteiger partial charge is 0.388 e. The second-order valence-electron chi connectivity index (χ2n) is 3.83. The Morgan fingerprint density at radius 3 is 2.71 bits per heavy atom. The number of hydrogen-bond acceptors (Lipinski definition) is 3. The molecule has 92 valence electrons. The van der Waals surface area contributed by atoms with E-state index in [0.29, 0.717) is 18.4 Å². The highest BCUT2D eigenvalue weighted by molar-refractivity contribution is 7.90. The molecule has 0 aliphatic carbocycles. The number of rotatable bonds is 4. The maximum Gasteiger partial charge on any atom is 0.175 e. The molecular formula is C13H16O3S. The van der Waals surface area contributed by atoms with Crippen molar-refractivity contribution in [3.63, 3.8) is 0 Å². The number of hydrogen-bond donors (Lipinski definition) is 1. The van der Waals surface area contributed by atoms with E-state index in [-0.39, 0.29) is 4.90 Å². The molecule has 17 heavy (non-hydrogen) atoms. The lowest BCUT2D eigenvalue weighted by atomic mass is 10.1. The molecule has 1 unspecified atom stereocenters. The van der Waals surface area contributed by atoms with Gasteiger partial charge in [-0.25, -0.2) is 8.42 Å². The Morgan fingerprint density at radius 2 is 2.12 bits per heavy atom. The van der Waals surface area contributed by atoms with E-state index in [1.54, 1.807) is 19.1 Å². The molecule has 0 saturated heterocycles. The average Bonchev–Trinajstić information content (AvgIpc) is 2.28. The van der Waals surface area contributed by atoms with Crippen molar-refractivity contribution in [1.29, 1.82) is 0 Å². The molecule has 0 spiro atoms. The van der Waals surface area contributed by atoms with Crippen LogP contribution in [-0.2, 0) is 9.84 Å². The van der Waals surface area contributed by atoms with Gasteiger partial charge in [0.25, 0.3) is 0 Å². The van der Waals surface area contributed by atoms with Gasteiger partial charge in [-0.3, -0.25) is 0 Å². The zero-order valence-corrected chi connectivity index (χ0v) is 10.8. The molecule has 0 amide bonds. The zero-order valence-electron chi connectivity index (χ0n) is 9.97. The summed E-state index contributed by atoms with van der Waals surface area (Å²) in [5.41, 5.74) is 0.617. The number of aliphatic hydroxyl groups excluding tert-OH is 1. The topological polar surface area (TPSA) is 54.4 Å². The number of sulfone groups is 1. The predicted octanol–water partition coefficient (Wildman–Crippen LogP) is 1.93. The standard InChI is InChI=1S/C13H16O3S/c1-3-4-5-9-13(14)11-7-6-8-12(10-11)17(2,15)16/h6-8,10,13-14H,5,9H2,1-2H3. The maximum absolute atomic E-state index is 11.4. The number of aliphatic hydroxyl groups is 1. The molecule has 0 fully saturated rings. The first kappa shape index (κ1) is 13.8. The fourth-order valence-corrected chi connectivity index (χ4v) is 2.13. The summed E-state index contributed by atoms with van der Waals surface area (Å²) in [5.74, 6) is 5.62. The first-order valence-corrected chi connectivity index (χ1v) is 7.22. The van der Waals surface area contributed by atoms with E-state index in [2.05, 4.69) is 11.8 Å². The second kappa shape index (κ2) is 5.85. The minimum atomic E-state index is -3.22. The van der Waals surface area contributed by atoms with Crippen LogP contribution in [-0.4, -0.2) is 19.8 Å². The van der Waals surface area contributed by atoms with Crippen LogP contribution >= 0.6 is 0 Å². The molecule has 0 aliphatic heterocycles. The molecule has 1 rings (SSSR count). The van der Waals surface area contributed by atoms with Gasteiger partial charge in [-0.1, -0.05) is 12.1 Å². The van der Waals surface area contributed by atoms with Gasteiger partial charge in [0.2, 0.25) is 0 Å². The molecule has 0 bridgehead atoms. The lowest BCUT2D eigenvalue weighted by molar-refractivity contribution is 0.169. The summed E-state index contributed by atoms with van der Waals surface area (Å²) < 4.78 is 22.7. The quantitative estimate of drug-likeness (QED) is 0.833. The first-order chi connectivity index (χ1) is 7.95. The van der Waals surface area contributed by atoms with Crippen molar-refractivity contribution < 1.29 is 13.5 Å². The Hall–Kier alpha value is -1.31. The SMILES string of the molecule is CC#CCCC(O)c1cccc(S(C)(=O)=O)c1. The summed E-state index contributed by atoms with van der Waals surface area (Å²) in [6.45, 7) is 1.75. The van der Waals surface area contributed by atoms with Gasteiger partial charge in [0, 0.05) is 12.7 Å². The minimum absolute atomic E-state index is 0.232. The summed E-state index contributed by atoms with van der Waals surface area (Å²) in [4.78, 5) is 0.232. The smallest absolute Gasteiger partial charge is 0.175 e. The molecule has 0 aromatic heterocycles.